The molecule has 164 valence electrons. The molecule has 0 aliphatic rings. The summed E-state index contributed by atoms with van der Waals surface area (Å²) in [5.74, 6) is 0. The summed E-state index contributed by atoms with van der Waals surface area (Å²) in [6.07, 6.45) is 1.20. The van der Waals surface area contributed by atoms with Crippen molar-refractivity contribution in [3.8, 4) is 0 Å². The Morgan fingerprint density at radius 1 is 0.500 bits per heavy atom. The Kier molecular flexibility index (Phi) is 5.70. The molecule has 5 aromatic rings. The lowest BCUT2D eigenvalue weighted by Gasteiger charge is -2.21. The topological polar surface area (TPSA) is 58.9 Å². The van der Waals surface area contributed by atoms with Gasteiger partial charge in [-0.25, -0.2) is 0 Å². The van der Waals surface area contributed by atoms with Gasteiger partial charge in [0.1, 0.15) is 0 Å². The van der Waals surface area contributed by atoms with E-state index in [1.807, 2.05) is 0 Å². The fourth-order valence-corrected chi connectivity index (χ4v) is 5.39. The summed E-state index contributed by atoms with van der Waals surface area (Å²) in [5, 5.41) is 29.0. The quantitative estimate of drug-likeness (QED) is 0.267. The average molecular weight is 429 g/mol. The van der Waals surface area contributed by atoms with Crippen molar-refractivity contribution in [2.24, 2.45) is 0 Å². The van der Waals surface area contributed by atoms with E-state index in [4.69, 9.17) is 9.47 Å². The number of methoxy groups -OCH3 is 2. The maximum atomic E-state index is 9.68. The van der Waals surface area contributed by atoms with Crippen LogP contribution in [0.2, 0.25) is 0 Å². The lowest BCUT2D eigenvalue weighted by molar-refractivity contribution is 0.182. The Balaban J connectivity index is 2.01. The molecule has 0 amide bonds. The van der Waals surface area contributed by atoms with Gasteiger partial charge in [0.25, 0.3) is 0 Å². The van der Waals surface area contributed by atoms with Crippen LogP contribution in [0.15, 0.2) is 48.5 Å². The lowest BCUT2D eigenvalue weighted by atomic mass is 9.84. The molecule has 4 nitrogen and oxygen atoms in total. The van der Waals surface area contributed by atoms with Crippen molar-refractivity contribution < 1.29 is 19.7 Å². The molecule has 0 unspecified atom stereocenters. The third-order valence-corrected chi connectivity index (χ3v) is 6.61. The fourth-order valence-electron chi connectivity index (χ4n) is 5.39. The Bertz CT molecular complexity index is 1210. The zero-order chi connectivity index (χ0) is 22.2. The van der Waals surface area contributed by atoms with Gasteiger partial charge >= 0.3 is 0 Å². The highest BCUT2D eigenvalue weighted by Crippen LogP contribution is 2.44. The highest BCUT2D eigenvalue weighted by atomic mass is 16.5. The van der Waals surface area contributed by atoms with Crippen LogP contribution in [0.25, 0.3) is 43.1 Å². The van der Waals surface area contributed by atoms with Crippen LogP contribution in [0, 0.1) is 0 Å². The van der Waals surface area contributed by atoms with Crippen LogP contribution in [0.3, 0.4) is 0 Å². The summed E-state index contributed by atoms with van der Waals surface area (Å²) < 4.78 is 11.0. The Labute approximate surface area is 187 Å². The zero-order valence-electron chi connectivity index (χ0n) is 18.6. The summed E-state index contributed by atoms with van der Waals surface area (Å²) >= 11 is 0. The molecular formula is C28H28O4. The van der Waals surface area contributed by atoms with E-state index in [0.717, 1.165) is 22.3 Å². The number of hydrogen-bond donors (Lipinski definition) is 2. The molecule has 0 fully saturated rings. The Morgan fingerprint density at radius 3 is 1.19 bits per heavy atom. The van der Waals surface area contributed by atoms with Crippen molar-refractivity contribution in [2.75, 3.05) is 27.4 Å². The predicted molar refractivity (Wildman–Crippen MR) is 131 cm³/mol. The van der Waals surface area contributed by atoms with Gasteiger partial charge in [0.15, 0.2) is 0 Å². The molecule has 5 rings (SSSR count). The lowest BCUT2D eigenvalue weighted by Crippen LogP contribution is -2.01. The van der Waals surface area contributed by atoms with Crippen LogP contribution in [-0.4, -0.2) is 37.6 Å². The molecule has 0 saturated heterocycles. The summed E-state index contributed by atoms with van der Waals surface area (Å²) in [6.45, 7) is 1.29. The van der Waals surface area contributed by atoms with E-state index >= 15 is 0 Å². The minimum Gasteiger partial charge on any atom is -0.396 e. The minimum atomic E-state index is 0.101. The van der Waals surface area contributed by atoms with Crippen LogP contribution < -0.4 is 0 Å². The molecule has 0 heterocycles. The van der Waals surface area contributed by atoms with E-state index < -0.39 is 0 Å². The molecule has 0 radical (unpaired) electrons. The number of aliphatic hydroxyl groups excluding tert-OH is 2. The first kappa shape index (κ1) is 21.1. The van der Waals surface area contributed by atoms with E-state index in [0.29, 0.717) is 26.1 Å². The molecule has 32 heavy (non-hydrogen) atoms. The van der Waals surface area contributed by atoms with Gasteiger partial charge in [-0.2, -0.15) is 0 Å². The number of hydrogen-bond acceptors (Lipinski definition) is 4. The second kappa shape index (κ2) is 8.64. The molecule has 0 bridgehead atoms. The first-order chi connectivity index (χ1) is 15.7. The standard InChI is InChI=1S/C28H28O4/c1-31-15-19-5-9-23-21-7-3-17(11-13-29)25-18(12-14-30)4-8-22(27(21)25)24-10-6-20(16-32-2)26(19)28(23)24/h3-10,29-30H,11-16H2,1-2H3. The van der Waals surface area contributed by atoms with Crippen molar-refractivity contribution >= 4 is 43.1 Å². The summed E-state index contributed by atoms with van der Waals surface area (Å²) in [5.41, 5.74) is 4.58. The van der Waals surface area contributed by atoms with E-state index in [2.05, 4.69) is 48.5 Å². The van der Waals surface area contributed by atoms with Crippen LogP contribution in [0.4, 0.5) is 0 Å². The van der Waals surface area contributed by atoms with Gasteiger partial charge in [-0.1, -0.05) is 48.5 Å². The highest BCUT2D eigenvalue weighted by molar-refractivity contribution is 6.34. The average Bonchev–Trinajstić information content (AvgIpc) is 2.81. The second-order valence-electron chi connectivity index (χ2n) is 8.40. The predicted octanol–water partition coefficient (Wildman–Crippen LogP) is 5.10. The molecule has 4 heteroatoms. The first-order valence-electron chi connectivity index (χ1n) is 11.1. The maximum Gasteiger partial charge on any atom is 0.0719 e. The first-order valence-corrected chi connectivity index (χ1v) is 11.1. The second-order valence-corrected chi connectivity index (χ2v) is 8.40. The van der Waals surface area contributed by atoms with Gasteiger partial charge in [0.2, 0.25) is 0 Å². The smallest absolute Gasteiger partial charge is 0.0719 e. The molecule has 0 spiro atoms. The summed E-state index contributed by atoms with van der Waals surface area (Å²) in [7, 11) is 3.46. The minimum absolute atomic E-state index is 0.101. The SMILES string of the molecule is COCc1ccc2c3ccc(CCO)c4c(CCO)ccc(c5ccc(COC)c1c25)c43. The maximum absolute atomic E-state index is 9.68. The molecular weight excluding hydrogens is 400 g/mol. The molecule has 0 saturated carbocycles. The normalized spacial score (nSPS) is 12.1. The van der Waals surface area contributed by atoms with E-state index in [1.165, 1.54) is 43.1 Å². The molecule has 0 aliphatic heterocycles. The van der Waals surface area contributed by atoms with Gasteiger partial charge in [0.05, 0.1) is 13.2 Å². The summed E-state index contributed by atoms with van der Waals surface area (Å²) in [4.78, 5) is 0. The van der Waals surface area contributed by atoms with Gasteiger partial charge in [0, 0.05) is 27.4 Å². The third kappa shape index (κ3) is 3.14. The van der Waals surface area contributed by atoms with Crippen LogP contribution in [0.5, 0.6) is 0 Å². The Hall–Kier alpha value is -2.76. The molecule has 0 aromatic heterocycles. The van der Waals surface area contributed by atoms with Crippen LogP contribution >= 0.6 is 0 Å². The Morgan fingerprint density at radius 2 is 0.844 bits per heavy atom. The van der Waals surface area contributed by atoms with Crippen LogP contribution in [0.1, 0.15) is 22.3 Å². The number of ether oxygens (including phenoxy) is 2. The van der Waals surface area contributed by atoms with Gasteiger partial charge in [-0.05, 0) is 78.2 Å². The van der Waals surface area contributed by atoms with Crippen molar-refractivity contribution in [1.29, 1.82) is 0 Å². The van der Waals surface area contributed by atoms with Crippen molar-refractivity contribution in [2.45, 2.75) is 26.1 Å². The van der Waals surface area contributed by atoms with Gasteiger partial charge in [-0.3, -0.25) is 0 Å². The van der Waals surface area contributed by atoms with E-state index in [-0.39, 0.29) is 13.2 Å². The number of aliphatic hydroxyl groups is 2. The van der Waals surface area contributed by atoms with E-state index in [1.54, 1.807) is 14.2 Å². The number of rotatable bonds is 8. The van der Waals surface area contributed by atoms with Crippen LogP contribution in [-0.2, 0) is 35.5 Å². The van der Waals surface area contributed by atoms with Crippen molar-refractivity contribution in [3.05, 3.63) is 70.8 Å². The largest absolute Gasteiger partial charge is 0.396 e. The molecule has 5 aromatic carbocycles. The zero-order valence-corrected chi connectivity index (χ0v) is 18.6. The monoisotopic (exact) mass is 428 g/mol. The van der Waals surface area contributed by atoms with Gasteiger partial charge < -0.3 is 19.7 Å². The molecule has 0 atom stereocenters. The molecule has 0 aliphatic carbocycles. The van der Waals surface area contributed by atoms with Crippen molar-refractivity contribution in [1.82, 2.24) is 0 Å². The van der Waals surface area contributed by atoms with E-state index in [9.17, 15) is 10.2 Å². The molecule has 2 N–H and O–H groups in total. The van der Waals surface area contributed by atoms with Crippen molar-refractivity contribution in [3.63, 3.8) is 0 Å². The number of fused-ring (bicyclic) bond motifs is 2. The third-order valence-electron chi connectivity index (χ3n) is 6.61. The fraction of sp³-hybridized carbons (Fsp3) is 0.286. The van der Waals surface area contributed by atoms with Gasteiger partial charge in [-0.15, -0.1) is 0 Å². The highest BCUT2D eigenvalue weighted by Gasteiger charge is 2.19. The number of benzene rings is 5. The summed E-state index contributed by atoms with van der Waals surface area (Å²) in [6, 6.07) is 17.4.